The van der Waals surface area contributed by atoms with Crippen molar-refractivity contribution in [3.63, 3.8) is 0 Å². The molecule has 1 aromatic heterocycles. The number of rotatable bonds is 4. The molecule has 2 amide bonds. The van der Waals surface area contributed by atoms with Gasteiger partial charge in [-0.3, -0.25) is 9.59 Å². The SMILES string of the molecule is CC(C)Oc1ncnc2ccc(N3CCN(C(=O)C4CCNC(=O)C4)CC3)cc12. The van der Waals surface area contributed by atoms with E-state index in [4.69, 9.17) is 4.74 Å². The van der Waals surface area contributed by atoms with Gasteiger partial charge in [-0.05, 0) is 38.5 Å². The molecule has 0 spiro atoms. The molecule has 8 nitrogen and oxygen atoms in total. The highest BCUT2D eigenvalue weighted by molar-refractivity contribution is 5.88. The van der Waals surface area contributed by atoms with Gasteiger partial charge >= 0.3 is 0 Å². The number of benzene rings is 1. The quantitative estimate of drug-likeness (QED) is 0.843. The van der Waals surface area contributed by atoms with Gasteiger partial charge in [0.1, 0.15) is 6.33 Å². The second-order valence-corrected chi connectivity index (χ2v) is 7.90. The maximum Gasteiger partial charge on any atom is 0.226 e. The van der Waals surface area contributed by atoms with Gasteiger partial charge in [0, 0.05) is 50.7 Å². The lowest BCUT2D eigenvalue weighted by atomic mass is 9.95. The highest BCUT2D eigenvalue weighted by Gasteiger charge is 2.31. The van der Waals surface area contributed by atoms with Crippen LogP contribution >= 0.6 is 0 Å². The van der Waals surface area contributed by atoms with E-state index in [9.17, 15) is 9.59 Å². The van der Waals surface area contributed by atoms with Gasteiger partial charge in [-0.2, -0.15) is 0 Å². The number of amides is 2. The molecule has 2 aromatic rings. The van der Waals surface area contributed by atoms with E-state index < -0.39 is 0 Å². The molecule has 1 unspecified atom stereocenters. The summed E-state index contributed by atoms with van der Waals surface area (Å²) in [4.78, 5) is 37.1. The fraction of sp³-hybridized carbons (Fsp3) is 0.524. The number of hydrogen-bond acceptors (Lipinski definition) is 6. The van der Waals surface area contributed by atoms with Crippen LogP contribution in [-0.4, -0.2) is 65.5 Å². The van der Waals surface area contributed by atoms with Gasteiger partial charge < -0.3 is 19.9 Å². The maximum absolute atomic E-state index is 12.8. The molecule has 1 atom stereocenters. The van der Waals surface area contributed by atoms with Crippen molar-refractivity contribution >= 4 is 28.4 Å². The molecule has 0 bridgehead atoms. The van der Waals surface area contributed by atoms with Crippen LogP contribution in [-0.2, 0) is 9.59 Å². The topological polar surface area (TPSA) is 87.7 Å². The predicted octanol–water partition coefficient (Wildman–Crippen LogP) is 1.59. The van der Waals surface area contributed by atoms with Gasteiger partial charge in [0.2, 0.25) is 17.7 Å². The summed E-state index contributed by atoms with van der Waals surface area (Å²) in [6.07, 6.45) is 2.60. The highest BCUT2D eigenvalue weighted by Crippen LogP contribution is 2.28. The Labute approximate surface area is 170 Å². The van der Waals surface area contributed by atoms with E-state index in [1.807, 2.05) is 24.8 Å². The van der Waals surface area contributed by atoms with Gasteiger partial charge in [-0.15, -0.1) is 0 Å². The second kappa shape index (κ2) is 8.23. The minimum atomic E-state index is -0.177. The Morgan fingerprint density at radius 2 is 2.00 bits per heavy atom. The van der Waals surface area contributed by atoms with Crippen molar-refractivity contribution in [2.75, 3.05) is 37.6 Å². The summed E-state index contributed by atoms with van der Waals surface area (Å²) in [5.74, 6) is 0.505. The lowest BCUT2D eigenvalue weighted by Crippen LogP contribution is -2.52. The molecule has 1 N–H and O–H groups in total. The zero-order chi connectivity index (χ0) is 20.4. The number of carbonyl (C=O) groups excluding carboxylic acids is 2. The summed E-state index contributed by atoms with van der Waals surface area (Å²) in [6, 6.07) is 6.10. The number of aromatic nitrogens is 2. The van der Waals surface area contributed by atoms with Crippen LogP contribution in [0.3, 0.4) is 0 Å². The molecule has 8 heteroatoms. The van der Waals surface area contributed by atoms with Crippen molar-refractivity contribution in [1.82, 2.24) is 20.2 Å². The zero-order valence-electron chi connectivity index (χ0n) is 16.9. The van der Waals surface area contributed by atoms with Crippen molar-refractivity contribution < 1.29 is 14.3 Å². The fourth-order valence-electron chi connectivity index (χ4n) is 3.97. The van der Waals surface area contributed by atoms with Crippen LogP contribution in [0.4, 0.5) is 5.69 Å². The van der Waals surface area contributed by atoms with Crippen molar-refractivity contribution in [2.45, 2.75) is 32.8 Å². The van der Waals surface area contributed by atoms with Crippen LogP contribution in [0.2, 0.25) is 0 Å². The molecular formula is C21H27N5O3. The zero-order valence-corrected chi connectivity index (χ0v) is 16.9. The molecule has 2 saturated heterocycles. The molecule has 0 aliphatic carbocycles. The average Bonchev–Trinajstić information content (AvgIpc) is 2.73. The monoisotopic (exact) mass is 397 g/mol. The summed E-state index contributed by atoms with van der Waals surface area (Å²) in [5, 5.41) is 3.68. The minimum Gasteiger partial charge on any atom is -0.474 e. The summed E-state index contributed by atoms with van der Waals surface area (Å²) >= 11 is 0. The molecular weight excluding hydrogens is 370 g/mol. The van der Waals surface area contributed by atoms with Gasteiger partial charge in [0.25, 0.3) is 0 Å². The molecule has 29 heavy (non-hydrogen) atoms. The second-order valence-electron chi connectivity index (χ2n) is 7.90. The predicted molar refractivity (Wildman–Crippen MR) is 110 cm³/mol. The van der Waals surface area contributed by atoms with Gasteiger partial charge in [0.05, 0.1) is 17.0 Å². The summed E-state index contributed by atoms with van der Waals surface area (Å²) in [5.41, 5.74) is 1.92. The van der Waals surface area contributed by atoms with Crippen molar-refractivity contribution in [2.24, 2.45) is 5.92 Å². The smallest absolute Gasteiger partial charge is 0.226 e. The van der Waals surface area contributed by atoms with Crippen molar-refractivity contribution in [1.29, 1.82) is 0 Å². The van der Waals surface area contributed by atoms with Crippen LogP contribution in [0.25, 0.3) is 10.9 Å². The number of ether oxygens (including phenoxy) is 1. The van der Waals surface area contributed by atoms with Crippen LogP contribution < -0.4 is 15.0 Å². The van der Waals surface area contributed by atoms with Crippen molar-refractivity contribution in [3.05, 3.63) is 24.5 Å². The Hall–Kier alpha value is -2.90. The normalized spacial score (nSPS) is 20.1. The lowest BCUT2D eigenvalue weighted by Gasteiger charge is -2.38. The van der Waals surface area contributed by atoms with E-state index in [0.717, 1.165) is 36.1 Å². The van der Waals surface area contributed by atoms with E-state index in [1.165, 1.54) is 6.33 Å². The highest BCUT2D eigenvalue weighted by atomic mass is 16.5. The largest absolute Gasteiger partial charge is 0.474 e. The van der Waals surface area contributed by atoms with Crippen molar-refractivity contribution in [3.8, 4) is 5.88 Å². The van der Waals surface area contributed by atoms with E-state index in [1.54, 1.807) is 0 Å². The number of fused-ring (bicyclic) bond motifs is 1. The third kappa shape index (κ3) is 4.26. The number of nitrogens with zero attached hydrogens (tertiary/aromatic N) is 4. The van der Waals surface area contributed by atoms with Crippen LogP contribution in [0.5, 0.6) is 5.88 Å². The lowest BCUT2D eigenvalue weighted by molar-refractivity contribution is -0.140. The standard InChI is InChI=1S/C21H27N5O3/c1-14(2)29-20-17-12-16(3-4-18(17)23-13-24-20)25-7-9-26(10-8-25)21(28)15-5-6-22-19(27)11-15/h3-4,12-15H,5-11H2,1-2H3,(H,22,27). The molecule has 1 aromatic carbocycles. The minimum absolute atomic E-state index is 0.0222. The first-order valence-electron chi connectivity index (χ1n) is 10.2. The summed E-state index contributed by atoms with van der Waals surface area (Å²) in [6.45, 7) is 7.38. The molecule has 0 radical (unpaired) electrons. The molecule has 0 saturated carbocycles. The number of nitrogens with one attached hydrogen (secondary N) is 1. The summed E-state index contributed by atoms with van der Waals surface area (Å²) < 4.78 is 5.84. The number of piperazine rings is 1. The van der Waals surface area contributed by atoms with E-state index in [2.05, 4.69) is 32.3 Å². The first-order chi connectivity index (χ1) is 14.0. The molecule has 2 fully saturated rings. The third-order valence-electron chi connectivity index (χ3n) is 5.48. The van der Waals surface area contributed by atoms with E-state index >= 15 is 0 Å². The molecule has 3 heterocycles. The Morgan fingerprint density at radius 3 is 2.72 bits per heavy atom. The Bertz CT molecular complexity index is 908. The molecule has 2 aliphatic rings. The molecule has 4 rings (SSSR count). The number of hydrogen-bond donors (Lipinski definition) is 1. The Balaban J connectivity index is 1.45. The Morgan fingerprint density at radius 1 is 1.21 bits per heavy atom. The van der Waals surface area contributed by atoms with E-state index in [0.29, 0.717) is 31.9 Å². The average molecular weight is 397 g/mol. The first kappa shape index (κ1) is 19.4. The van der Waals surface area contributed by atoms with E-state index in [-0.39, 0.29) is 23.8 Å². The van der Waals surface area contributed by atoms with Crippen LogP contribution in [0.1, 0.15) is 26.7 Å². The fourth-order valence-corrected chi connectivity index (χ4v) is 3.97. The summed E-state index contributed by atoms with van der Waals surface area (Å²) in [7, 11) is 0. The maximum atomic E-state index is 12.8. The Kier molecular flexibility index (Phi) is 5.51. The first-order valence-corrected chi connectivity index (χ1v) is 10.2. The van der Waals surface area contributed by atoms with Crippen LogP contribution in [0, 0.1) is 5.92 Å². The molecule has 2 aliphatic heterocycles. The van der Waals surface area contributed by atoms with Gasteiger partial charge in [-0.1, -0.05) is 0 Å². The molecule has 154 valence electrons. The van der Waals surface area contributed by atoms with Gasteiger partial charge in [0.15, 0.2) is 0 Å². The number of anilines is 1. The van der Waals surface area contributed by atoms with Crippen LogP contribution in [0.15, 0.2) is 24.5 Å². The third-order valence-corrected chi connectivity index (χ3v) is 5.48. The number of piperidine rings is 1. The number of carbonyl (C=O) groups is 2. The van der Waals surface area contributed by atoms with Gasteiger partial charge in [-0.25, -0.2) is 9.97 Å².